The zero-order chi connectivity index (χ0) is 14.4. The molecule has 1 aromatic heterocycles. The van der Waals surface area contributed by atoms with Crippen LogP contribution in [0, 0.1) is 6.92 Å². The van der Waals surface area contributed by atoms with Gasteiger partial charge in [-0.2, -0.15) is 11.8 Å². The molecule has 0 bridgehead atoms. The van der Waals surface area contributed by atoms with Crippen molar-refractivity contribution in [3.8, 4) is 0 Å². The molecule has 1 N–H and O–H groups in total. The minimum Gasteiger partial charge on any atom is -0.347 e. The minimum absolute atomic E-state index is 0.0363. The monoisotopic (exact) mass is 306 g/mol. The van der Waals surface area contributed by atoms with E-state index in [1.54, 1.807) is 11.3 Å². The number of amides is 1. The Morgan fingerprint density at radius 2 is 2.10 bits per heavy atom. The number of thiazole rings is 1. The van der Waals surface area contributed by atoms with E-state index in [9.17, 15) is 4.79 Å². The van der Waals surface area contributed by atoms with E-state index in [1.165, 1.54) is 5.56 Å². The zero-order valence-electron chi connectivity index (χ0n) is 11.7. The van der Waals surface area contributed by atoms with Gasteiger partial charge in [0.15, 0.2) is 0 Å². The Morgan fingerprint density at radius 1 is 1.35 bits per heavy atom. The third-order valence-electron chi connectivity index (χ3n) is 2.78. The van der Waals surface area contributed by atoms with Gasteiger partial charge in [0.25, 0.3) is 5.91 Å². The lowest BCUT2D eigenvalue weighted by Crippen LogP contribution is -2.22. The van der Waals surface area contributed by atoms with Crippen LogP contribution in [0.4, 0.5) is 0 Å². The van der Waals surface area contributed by atoms with Crippen LogP contribution in [0.25, 0.3) is 0 Å². The molecule has 0 aliphatic rings. The molecular weight excluding hydrogens is 288 g/mol. The Balaban J connectivity index is 1.88. The molecule has 3 nitrogen and oxygen atoms in total. The van der Waals surface area contributed by atoms with Crippen LogP contribution in [0.5, 0.6) is 0 Å². The molecule has 2 rings (SSSR count). The first kappa shape index (κ1) is 15.1. The molecule has 20 heavy (non-hydrogen) atoms. The summed E-state index contributed by atoms with van der Waals surface area (Å²) in [5, 5.41) is 3.94. The Hall–Kier alpha value is -1.33. The van der Waals surface area contributed by atoms with Gasteiger partial charge in [-0.25, -0.2) is 4.98 Å². The molecule has 0 saturated heterocycles. The normalized spacial score (nSPS) is 10.5. The first-order valence-corrected chi connectivity index (χ1v) is 8.52. The van der Waals surface area contributed by atoms with E-state index in [-0.39, 0.29) is 5.91 Å². The summed E-state index contributed by atoms with van der Waals surface area (Å²) < 4.78 is 0. The number of carbonyl (C=O) groups excluding carboxylic acids is 1. The van der Waals surface area contributed by atoms with Crippen LogP contribution < -0.4 is 5.32 Å². The number of nitrogens with zero attached hydrogens (tertiary/aromatic N) is 1. The number of rotatable bonds is 6. The van der Waals surface area contributed by atoms with E-state index in [4.69, 9.17) is 0 Å². The molecule has 0 radical (unpaired) electrons. The van der Waals surface area contributed by atoms with Crippen molar-refractivity contribution in [2.45, 2.75) is 26.1 Å². The van der Waals surface area contributed by atoms with Crippen molar-refractivity contribution in [1.82, 2.24) is 10.3 Å². The number of aromatic nitrogens is 1. The smallest absolute Gasteiger partial charge is 0.251 e. The van der Waals surface area contributed by atoms with Crippen molar-refractivity contribution >= 4 is 29.0 Å². The molecule has 2 aromatic rings. The highest BCUT2D eigenvalue weighted by molar-refractivity contribution is 7.98. The molecule has 0 unspecified atom stereocenters. The topological polar surface area (TPSA) is 42.0 Å². The third-order valence-corrected chi connectivity index (χ3v) is 4.64. The van der Waals surface area contributed by atoms with Crippen molar-refractivity contribution in [2.75, 3.05) is 5.75 Å². The van der Waals surface area contributed by atoms with Crippen LogP contribution in [0.15, 0.2) is 30.5 Å². The van der Waals surface area contributed by atoms with E-state index in [1.807, 2.05) is 49.1 Å². The van der Waals surface area contributed by atoms with Gasteiger partial charge >= 0.3 is 0 Å². The molecule has 1 aromatic carbocycles. The van der Waals surface area contributed by atoms with E-state index >= 15 is 0 Å². The highest BCUT2D eigenvalue weighted by Gasteiger charge is 2.06. The highest BCUT2D eigenvalue weighted by Crippen LogP contribution is 2.13. The molecule has 0 saturated carbocycles. The van der Waals surface area contributed by atoms with Crippen LogP contribution in [-0.2, 0) is 12.3 Å². The summed E-state index contributed by atoms with van der Waals surface area (Å²) in [4.78, 5) is 17.3. The summed E-state index contributed by atoms with van der Waals surface area (Å²) in [6, 6.07) is 7.82. The summed E-state index contributed by atoms with van der Waals surface area (Å²) in [5.41, 5.74) is 1.96. The summed E-state index contributed by atoms with van der Waals surface area (Å²) in [5.74, 6) is 2.07. The second-order valence-corrected chi connectivity index (χ2v) is 6.96. The van der Waals surface area contributed by atoms with Gasteiger partial charge in [0, 0.05) is 22.4 Å². The van der Waals surface area contributed by atoms with Crippen molar-refractivity contribution < 1.29 is 4.79 Å². The molecule has 0 atom stereocenters. The van der Waals surface area contributed by atoms with Gasteiger partial charge in [-0.1, -0.05) is 19.1 Å². The van der Waals surface area contributed by atoms with E-state index in [2.05, 4.69) is 17.2 Å². The van der Waals surface area contributed by atoms with Gasteiger partial charge < -0.3 is 5.32 Å². The van der Waals surface area contributed by atoms with Crippen LogP contribution in [0.1, 0.15) is 32.7 Å². The summed E-state index contributed by atoms with van der Waals surface area (Å²) in [7, 11) is 0. The second kappa shape index (κ2) is 7.45. The van der Waals surface area contributed by atoms with Gasteiger partial charge in [-0.05, 0) is 30.4 Å². The third kappa shape index (κ3) is 4.35. The number of thioether (sulfide) groups is 1. The number of aryl methyl sites for hydroxylation is 1. The minimum atomic E-state index is -0.0363. The van der Waals surface area contributed by atoms with E-state index in [0.29, 0.717) is 12.1 Å². The Morgan fingerprint density at radius 3 is 2.70 bits per heavy atom. The van der Waals surface area contributed by atoms with Crippen LogP contribution in [0.3, 0.4) is 0 Å². The van der Waals surface area contributed by atoms with Crippen LogP contribution in [-0.4, -0.2) is 16.6 Å². The number of hydrogen-bond acceptors (Lipinski definition) is 4. The first-order valence-electron chi connectivity index (χ1n) is 6.55. The van der Waals surface area contributed by atoms with Gasteiger partial charge in [0.2, 0.25) is 0 Å². The molecule has 0 aliphatic heterocycles. The average Bonchev–Trinajstić information content (AvgIpc) is 2.89. The first-order chi connectivity index (χ1) is 9.69. The molecular formula is C15H18N2OS2. The molecule has 1 heterocycles. The van der Waals surface area contributed by atoms with Crippen LogP contribution >= 0.6 is 23.1 Å². The molecule has 1 amide bonds. The molecule has 0 spiro atoms. The molecule has 106 valence electrons. The van der Waals surface area contributed by atoms with E-state index < -0.39 is 0 Å². The fraction of sp³-hybridized carbons (Fsp3) is 0.333. The van der Waals surface area contributed by atoms with Crippen LogP contribution in [0.2, 0.25) is 0 Å². The van der Waals surface area contributed by atoms with Crippen molar-refractivity contribution in [3.05, 3.63) is 51.5 Å². The fourth-order valence-corrected chi connectivity index (χ4v) is 3.10. The Kier molecular flexibility index (Phi) is 5.61. The van der Waals surface area contributed by atoms with Gasteiger partial charge in [-0.15, -0.1) is 11.3 Å². The quantitative estimate of drug-likeness (QED) is 0.886. The number of nitrogens with one attached hydrogen (secondary N) is 1. The molecule has 0 aliphatic carbocycles. The van der Waals surface area contributed by atoms with Crippen molar-refractivity contribution in [3.63, 3.8) is 0 Å². The summed E-state index contributed by atoms with van der Waals surface area (Å²) in [6.45, 7) is 4.65. The largest absolute Gasteiger partial charge is 0.347 e. The Bertz CT molecular complexity index is 564. The summed E-state index contributed by atoms with van der Waals surface area (Å²) in [6.07, 6.45) is 1.81. The SMILES string of the molecule is CCSCc1ccc(C(=O)NCc2cnc(C)s2)cc1. The maximum absolute atomic E-state index is 12.0. The zero-order valence-corrected chi connectivity index (χ0v) is 13.3. The van der Waals surface area contributed by atoms with Crippen molar-refractivity contribution in [2.24, 2.45) is 0 Å². The fourth-order valence-electron chi connectivity index (χ4n) is 1.73. The lowest BCUT2D eigenvalue weighted by molar-refractivity contribution is 0.0951. The number of hydrogen-bond donors (Lipinski definition) is 1. The molecule has 5 heteroatoms. The molecule has 0 fully saturated rings. The number of benzene rings is 1. The second-order valence-electron chi connectivity index (χ2n) is 4.36. The predicted molar refractivity (Wildman–Crippen MR) is 86.3 cm³/mol. The maximum Gasteiger partial charge on any atom is 0.251 e. The standard InChI is InChI=1S/C15H18N2OS2/c1-3-19-10-12-4-6-13(7-5-12)15(18)17-9-14-8-16-11(2)20-14/h4-8H,3,9-10H2,1-2H3,(H,17,18). The van der Waals surface area contributed by atoms with Gasteiger partial charge in [0.05, 0.1) is 11.6 Å². The predicted octanol–water partition coefficient (Wildman–Crippen LogP) is 3.63. The van der Waals surface area contributed by atoms with Crippen molar-refractivity contribution in [1.29, 1.82) is 0 Å². The number of carbonyl (C=O) groups is 1. The highest BCUT2D eigenvalue weighted by atomic mass is 32.2. The summed E-state index contributed by atoms with van der Waals surface area (Å²) >= 11 is 3.49. The lowest BCUT2D eigenvalue weighted by atomic mass is 10.1. The lowest BCUT2D eigenvalue weighted by Gasteiger charge is -2.05. The van der Waals surface area contributed by atoms with E-state index in [0.717, 1.165) is 21.4 Å². The average molecular weight is 306 g/mol. The van der Waals surface area contributed by atoms with Gasteiger partial charge in [-0.3, -0.25) is 4.79 Å². The van der Waals surface area contributed by atoms with Gasteiger partial charge in [0.1, 0.15) is 0 Å². The Labute approximate surface area is 127 Å². The maximum atomic E-state index is 12.0.